The predicted octanol–water partition coefficient (Wildman–Crippen LogP) is 2.73. The normalized spacial score (nSPS) is 16.1. The first-order valence-corrected chi connectivity index (χ1v) is 9.84. The highest BCUT2D eigenvalue weighted by Gasteiger charge is 2.40. The van der Waals surface area contributed by atoms with E-state index >= 15 is 0 Å². The van der Waals surface area contributed by atoms with E-state index < -0.39 is 15.9 Å². The Morgan fingerprint density at radius 2 is 1.61 bits per heavy atom. The van der Waals surface area contributed by atoms with Crippen molar-refractivity contribution in [2.45, 2.75) is 44.4 Å². The average molecular weight is 338 g/mol. The number of benzene rings is 1. The molecular weight excluding hydrogens is 312 g/mol. The highest BCUT2D eigenvalue weighted by Crippen LogP contribution is 2.29. The Morgan fingerprint density at radius 1 is 1.00 bits per heavy atom. The Bertz CT molecular complexity index is 635. The number of sulfonamides is 1. The van der Waals surface area contributed by atoms with Crippen LogP contribution >= 0.6 is 0 Å². The van der Waals surface area contributed by atoms with Gasteiger partial charge in [0.05, 0.1) is 12.1 Å². The van der Waals surface area contributed by atoms with Gasteiger partial charge in [0.15, 0.2) is 0 Å². The summed E-state index contributed by atoms with van der Waals surface area (Å²) in [7, 11) is -3.68. The number of fused-ring (bicyclic) bond motifs is 1. The first-order valence-electron chi connectivity index (χ1n) is 8.40. The maximum atomic E-state index is 12.5. The number of carbonyl (C=O) groups excluding carboxylic acids is 1. The second-order valence-electron chi connectivity index (χ2n) is 5.93. The van der Waals surface area contributed by atoms with Crippen molar-refractivity contribution in [3.63, 3.8) is 0 Å². The van der Waals surface area contributed by atoms with Gasteiger partial charge in [0.25, 0.3) is 15.9 Å². The summed E-state index contributed by atoms with van der Waals surface area (Å²) in [5.74, 6) is -0.397. The number of carbonyl (C=O) groups is 1. The van der Waals surface area contributed by atoms with Crippen LogP contribution in [0.1, 0.15) is 49.9 Å². The van der Waals surface area contributed by atoms with Crippen LogP contribution in [0, 0.1) is 0 Å². The first kappa shape index (κ1) is 17.9. The van der Waals surface area contributed by atoms with Crippen LogP contribution in [0.3, 0.4) is 0 Å². The summed E-state index contributed by atoms with van der Waals surface area (Å²) in [4.78, 5) is 14.8. The number of unbranched alkanes of at least 4 members (excludes halogenated alkanes) is 2. The first-order chi connectivity index (χ1) is 11.0. The summed E-state index contributed by atoms with van der Waals surface area (Å²) >= 11 is 0. The van der Waals surface area contributed by atoms with Crippen LogP contribution in [0.25, 0.3) is 0 Å². The molecule has 23 heavy (non-hydrogen) atoms. The molecule has 0 saturated carbocycles. The third-order valence-corrected chi connectivity index (χ3v) is 6.03. The minimum absolute atomic E-state index is 0.138. The minimum atomic E-state index is -3.68. The van der Waals surface area contributed by atoms with Crippen molar-refractivity contribution >= 4 is 15.9 Å². The van der Waals surface area contributed by atoms with Crippen LogP contribution in [0.5, 0.6) is 0 Å². The molecule has 1 aromatic rings. The second kappa shape index (κ2) is 7.93. The van der Waals surface area contributed by atoms with Gasteiger partial charge in [-0.25, -0.2) is 12.7 Å². The van der Waals surface area contributed by atoms with Crippen molar-refractivity contribution < 1.29 is 13.2 Å². The summed E-state index contributed by atoms with van der Waals surface area (Å²) in [6.07, 6.45) is 4.39. The van der Waals surface area contributed by atoms with Crippen LogP contribution in [0.15, 0.2) is 29.2 Å². The number of hydrogen-bond acceptors (Lipinski definition) is 4. The van der Waals surface area contributed by atoms with Gasteiger partial charge in [-0.05, 0) is 38.1 Å². The van der Waals surface area contributed by atoms with Crippen molar-refractivity contribution in [1.82, 2.24) is 9.21 Å². The standard InChI is InChI=1S/C17H26N2O3S/c1-3-5-11-18(12-6-4-2)13-14-19-17(20)15-9-7-8-10-16(15)23(19,21)22/h7-10H,3-6,11-14H2,1-2H3. The van der Waals surface area contributed by atoms with Gasteiger partial charge in [-0.3, -0.25) is 4.79 Å². The van der Waals surface area contributed by atoms with Crippen molar-refractivity contribution in [2.75, 3.05) is 26.2 Å². The molecule has 1 aromatic carbocycles. The number of nitrogens with zero attached hydrogens (tertiary/aromatic N) is 2. The fourth-order valence-corrected chi connectivity index (χ4v) is 4.34. The molecule has 0 saturated heterocycles. The Hall–Kier alpha value is -1.40. The maximum Gasteiger partial charge on any atom is 0.269 e. The minimum Gasteiger partial charge on any atom is -0.302 e. The molecule has 0 radical (unpaired) electrons. The molecule has 0 N–H and O–H groups in total. The molecule has 0 atom stereocenters. The molecule has 1 aliphatic rings. The molecule has 128 valence electrons. The van der Waals surface area contributed by atoms with E-state index in [1.807, 2.05) is 0 Å². The molecular formula is C17H26N2O3S. The Kier molecular flexibility index (Phi) is 6.18. The molecule has 5 nitrogen and oxygen atoms in total. The lowest BCUT2D eigenvalue weighted by molar-refractivity contribution is 0.0859. The molecule has 0 bridgehead atoms. The predicted molar refractivity (Wildman–Crippen MR) is 90.9 cm³/mol. The summed E-state index contributed by atoms with van der Waals surface area (Å²) in [6, 6.07) is 6.45. The lowest BCUT2D eigenvalue weighted by Crippen LogP contribution is -2.39. The highest BCUT2D eigenvalue weighted by molar-refractivity contribution is 7.90. The Balaban J connectivity index is 2.06. The fraction of sp³-hybridized carbons (Fsp3) is 0.588. The third-order valence-electron chi connectivity index (χ3n) is 4.19. The number of amides is 1. The van der Waals surface area contributed by atoms with Gasteiger partial charge in [-0.1, -0.05) is 38.8 Å². The van der Waals surface area contributed by atoms with E-state index in [2.05, 4.69) is 18.7 Å². The number of hydrogen-bond donors (Lipinski definition) is 0. The molecule has 1 aliphatic heterocycles. The van der Waals surface area contributed by atoms with E-state index in [1.54, 1.807) is 18.2 Å². The monoisotopic (exact) mass is 338 g/mol. The van der Waals surface area contributed by atoms with Crippen LogP contribution in [0.4, 0.5) is 0 Å². The van der Waals surface area contributed by atoms with Crippen LogP contribution in [-0.4, -0.2) is 49.7 Å². The molecule has 0 aromatic heterocycles. The van der Waals surface area contributed by atoms with Gasteiger partial charge in [-0.2, -0.15) is 0 Å². The Labute approximate surface area is 139 Å². The van der Waals surface area contributed by atoms with E-state index in [9.17, 15) is 13.2 Å². The summed E-state index contributed by atoms with van der Waals surface area (Å²) in [5.41, 5.74) is 0.293. The lowest BCUT2D eigenvalue weighted by Gasteiger charge is -2.24. The highest BCUT2D eigenvalue weighted by atomic mass is 32.2. The lowest BCUT2D eigenvalue weighted by atomic mass is 10.2. The van der Waals surface area contributed by atoms with Gasteiger partial charge < -0.3 is 4.90 Å². The van der Waals surface area contributed by atoms with E-state index in [0.29, 0.717) is 12.1 Å². The molecule has 0 unspecified atom stereocenters. The summed E-state index contributed by atoms with van der Waals surface area (Å²) in [6.45, 7) is 7.01. The third kappa shape index (κ3) is 3.93. The summed E-state index contributed by atoms with van der Waals surface area (Å²) in [5, 5.41) is 0. The van der Waals surface area contributed by atoms with Gasteiger partial charge >= 0.3 is 0 Å². The molecule has 0 spiro atoms. The van der Waals surface area contributed by atoms with Gasteiger partial charge in [0.1, 0.15) is 4.90 Å². The zero-order valence-corrected chi connectivity index (χ0v) is 14.8. The Morgan fingerprint density at radius 3 is 2.17 bits per heavy atom. The molecule has 0 fully saturated rings. The number of rotatable bonds is 9. The SMILES string of the molecule is CCCCN(CCCC)CCN1C(=O)c2ccccc2S1(=O)=O. The van der Waals surface area contributed by atoms with E-state index in [4.69, 9.17) is 0 Å². The molecule has 1 heterocycles. The average Bonchev–Trinajstić information content (AvgIpc) is 2.74. The maximum absolute atomic E-state index is 12.5. The van der Waals surface area contributed by atoms with Crippen LogP contribution in [-0.2, 0) is 10.0 Å². The smallest absolute Gasteiger partial charge is 0.269 e. The van der Waals surface area contributed by atoms with E-state index in [0.717, 1.165) is 43.1 Å². The molecule has 6 heteroatoms. The van der Waals surface area contributed by atoms with Crippen LogP contribution in [0.2, 0.25) is 0 Å². The fourth-order valence-electron chi connectivity index (χ4n) is 2.78. The van der Waals surface area contributed by atoms with Crippen molar-refractivity contribution in [3.8, 4) is 0 Å². The van der Waals surface area contributed by atoms with Gasteiger partial charge in [-0.15, -0.1) is 0 Å². The van der Waals surface area contributed by atoms with Crippen molar-refractivity contribution in [1.29, 1.82) is 0 Å². The van der Waals surface area contributed by atoms with E-state index in [-0.39, 0.29) is 11.4 Å². The molecule has 1 amide bonds. The topological polar surface area (TPSA) is 57.7 Å². The van der Waals surface area contributed by atoms with Crippen LogP contribution < -0.4 is 0 Å². The van der Waals surface area contributed by atoms with Crippen molar-refractivity contribution in [2.24, 2.45) is 0 Å². The zero-order valence-electron chi connectivity index (χ0n) is 14.0. The van der Waals surface area contributed by atoms with E-state index in [1.165, 1.54) is 6.07 Å². The van der Waals surface area contributed by atoms with Gasteiger partial charge in [0.2, 0.25) is 0 Å². The largest absolute Gasteiger partial charge is 0.302 e. The molecule has 2 rings (SSSR count). The second-order valence-corrected chi connectivity index (χ2v) is 7.76. The van der Waals surface area contributed by atoms with Gasteiger partial charge in [0, 0.05) is 6.54 Å². The quantitative estimate of drug-likeness (QED) is 0.695. The zero-order chi connectivity index (χ0) is 16.9. The molecule has 0 aliphatic carbocycles. The summed E-state index contributed by atoms with van der Waals surface area (Å²) < 4.78 is 26.1. The van der Waals surface area contributed by atoms with Crippen molar-refractivity contribution in [3.05, 3.63) is 29.8 Å².